The van der Waals surface area contributed by atoms with Gasteiger partial charge in [-0.05, 0) is 45.6 Å². The molecule has 1 saturated carbocycles. The second-order valence-corrected chi connectivity index (χ2v) is 7.42. The molecule has 3 fully saturated rings. The van der Waals surface area contributed by atoms with Crippen LogP contribution in [0, 0.1) is 5.92 Å². The first-order valence-corrected chi connectivity index (χ1v) is 8.30. The normalized spacial score (nSPS) is 43.5. The molecule has 0 bridgehead atoms. The van der Waals surface area contributed by atoms with Crippen molar-refractivity contribution in [2.75, 3.05) is 13.7 Å². The summed E-state index contributed by atoms with van der Waals surface area (Å²) in [6.45, 7) is 7.08. The van der Waals surface area contributed by atoms with Crippen LogP contribution in [0.15, 0.2) is 23.3 Å². The van der Waals surface area contributed by atoms with E-state index in [1.54, 1.807) is 7.11 Å². The molecule has 1 amide bonds. The van der Waals surface area contributed by atoms with E-state index >= 15 is 0 Å². The van der Waals surface area contributed by atoms with Gasteiger partial charge >= 0.3 is 0 Å². The van der Waals surface area contributed by atoms with E-state index in [1.807, 2.05) is 0 Å². The molecular formula is C18H27NO4. The van der Waals surface area contributed by atoms with Crippen molar-refractivity contribution in [3.05, 3.63) is 23.3 Å². The fourth-order valence-electron chi connectivity index (χ4n) is 4.18. The Labute approximate surface area is 137 Å². The van der Waals surface area contributed by atoms with Crippen LogP contribution < -0.4 is 5.73 Å². The summed E-state index contributed by atoms with van der Waals surface area (Å²) in [6.07, 6.45) is 6.30. The van der Waals surface area contributed by atoms with Gasteiger partial charge in [-0.3, -0.25) is 4.79 Å². The van der Waals surface area contributed by atoms with Crippen LogP contribution in [-0.4, -0.2) is 43.0 Å². The van der Waals surface area contributed by atoms with Crippen LogP contribution in [0.25, 0.3) is 0 Å². The number of carbonyl (C=O) groups excluding carboxylic acids is 1. The molecule has 5 heteroatoms. The largest absolute Gasteiger partial charge is 0.377 e. The molecule has 0 aromatic carbocycles. The molecule has 1 spiro atoms. The third kappa shape index (κ3) is 2.97. The van der Waals surface area contributed by atoms with Gasteiger partial charge in [-0.1, -0.05) is 11.6 Å². The number of primary amides is 1. The summed E-state index contributed by atoms with van der Waals surface area (Å²) in [6, 6.07) is 0. The van der Waals surface area contributed by atoms with E-state index in [9.17, 15) is 4.79 Å². The van der Waals surface area contributed by atoms with Gasteiger partial charge in [0.1, 0.15) is 11.2 Å². The number of rotatable bonds is 5. The van der Waals surface area contributed by atoms with Crippen molar-refractivity contribution in [2.24, 2.45) is 11.7 Å². The number of ether oxygens (including phenoxy) is 3. The highest BCUT2D eigenvalue weighted by Gasteiger charge is 2.71. The van der Waals surface area contributed by atoms with Crippen molar-refractivity contribution in [3.63, 3.8) is 0 Å². The van der Waals surface area contributed by atoms with E-state index in [0.717, 1.165) is 31.4 Å². The standard InChI is InChI=1S/C18H27NO4/c1-11(2)5-6-13-17(3,23-13)16-15(21-4)12(9-14(19)20)7-8-18(16)10-22-18/h5,9,13,15-16H,6-8,10H2,1-4H3,(H2,19,20)/t13-,15-,16-,17+,18+/m1/s1. The molecule has 2 saturated heterocycles. The summed E-state index contributed by atoms with van der Waals surface area (Å²) in [4.78, 5) is 11.3. The monoisotopic (exact) mass is 321 g/mol. The number of methoxy groups -OCH3 is 1. The third-order valence-electron chi connectivity index (χ3n) is 5.50. The van der Waals surface area contributed by atoms with Crippen molar-refractivity contribution < 1.29 is 19.0 Å². The van der Waals surface area contributed by atoms with Gasteiger partial charge in [-0.2, -0.15) is 0 Å². The highest BCUT2D eigenvalue weighted by Crippen LogP contribution is 2.60. The number of nitrogens with two attached hydrogens (primary N) is 1. The van der Waals surface area contributed by atoms with Crippen LogP contribution in [-0.2, 0) is 19.0 Å². The number of hydrogen-bond acceptors (Lipinski definition) is 4. The van der Waals surface area contributed by atoms with Gasteiger partial charge in [0.2, 0.25) is 5.91 Å². The van der Waals surface area contributed by atoms with E-state index in [-0.39, 0.29) is 29.3 Å². The average molecular weight is 321 g/mol. The molecule has 1 aliphatic carbocycles. The quantitative estimate of drug-likeness (QED) is 0.478. The number of allylic oxidation sites excluding steroid dienone is 1. The minimum absolute atomic E-state index is 0.0925. The number of epoxide rings is 2. The van der Waals surface area contributed by atoms with Crippen molar-refractivity contribution in [1.82, 2.24) is 0 Å². The number of amides is 1. The molecule has 128 valence electrons. The van der Waals surface area contributed by atoms with Crippen LogP contribution in [0.4, 0.5) is 0 Å². The topological polar surface area (TPSA) is 77.4 Å². The Kier molecular flexibility index (Phi) is 4.15. The Morgan fingerprint density at radius 3 is 2.70 bits per heavy atom. The maximum atomic E-state index is 11.3. The Morgan fingerprint density at radius 1 is 1.48 bits per heavy atom. The SMILES string of the molecule is CO[C@@H]1C(=CC(N)=O)CC[C@]2(CO2)[C@H]1[C@@]1(C)O[C@@H]1CC=C(C)C. The molecule has 3 rings (SSSR count). The summed E-state index contributed by atoms with van der Waals surface area (Å²) < 4.78 is 17.7. The van der Waals surface area contributed by atoms with Crippen LogP contribution in [0.3, 0.4) is 0 Å². The fourth-order valence-corrected chi connectivity index (χ4v) is 4.18. The lowest BCUT2D eigenvalue weighted by atomic mass is 9.67. The zero-order valence-electron chi connectivity index (χ0n) is 14.4. The summed E-state index contributed by atoms with van der Waals surface area (Å²) >= 11 is 0. The highest BCUT2D eigenvalue weighted by atomic mass is 16.6. The molecule has 3 aliphatic rings. The van der Waals surface area contributed by atoms with Gasteiger partial charge < -0.3 is 19.9 Å². The minimum Gasteiger partial charge on any atom is -0.377 e. The highest BCUT2D eigenvalue weighted by molar-refractivity contribution is 5.86. The second kappa shape index (κ2) is 5.72. The number of carbonyl (C=O) groups is 1. The van der Waals surface area contributed by atoms with Gasteiger partial charge in [0, 0.05) is 13.2 Å². The predicted molar refractivity (Wildman–Crippen MR) is 86.8 cm³/mol. The first-order valence-electron chi connectivity index (χ1n) is 8.30. The Morgan fingerprint density at radius 2 is 2.17 bits per heavy atom. The lowest BCUT2D eigenvalue weighted by Crippen LogP contribution is -2.50. The lowest BCUT2D eigenvalue weighted by molar-refractivity contribution is -0.113. The lowest BCUT2D eigenvalue weighted by Gasteiger charge is -2.40. The molecule has 2 aliphatic heterocycles. The van der Waals surface area contributed by atoms with E-state index < -0.39 is 5.91 Å². The summed E-state index contributed by atoms with van der Waals surface area (Å²) in [5.41, 5.74) is 7.18. The van der Waals surface area contributed by atoms with Crippen molar-refractivity contribution in [1.29, 1.82) is 0 Å². The molecule has 0 aromatic rings. The third-order valence-corrected chi connectivity index (χ3v) is 5.50. The van der Waals surface area contributed by atoms with E-state index in [2.05, 4.69) is 26.8 Å². The Balaban J connectivity index is 1.85. The summed E-state index contributed by atoms with van der Waals surface area (Å²) in [5, 5.41) is 0. The molecule has 0 unspecified atom stereocenters. The zero-order chi connectivity index (χ0) is 16.8. The van der Waals surface area contributed by atoms with Gasteiger partial charge in [-0.25, -0.2) is 0 Å². The van der Waals surface area contributed by atoms with Crippen LogP contribution in [0.1, 0.15) is 40.0 Å². The number of hydrogen-bond donors (Lipinski definition) is 1. The Bertz CT molecular complexity index is 559. The predicted octanol–water partition coefficient (Wildman–Crippen LogP) is 2.11. The molecule has 2 heterocycles. The summed E-state index contributed by atoms with van der Waals surface area (Å²) in [7, 11) is 1.69. The van der Waals surface area contributed by atoms with Crippen molar-refractivity contribution in [2.45, 2.75) is 63.4 Å². The molecular weight excluding hydrogens is 294 g/mol. The second-order valence-electron chi connectivity index (χ2n) is 7.42. The van der Waals surface area contributed by atoms with Crippen molar-refractivity contribution in [3.8, 4) is 0 Å². The molecule has 0 aromatic heterocycles. The van der Waals surface area contributed by atoms with Gasteiger partial charge in [0.05, 0.1) is 24.7 Å². The van der Waals surface area contributed by atoms with E-state index in [1.165, 1.54) is 11.6 Å². The molecule has 2 N–H and O–H groups in total. The van der Waals surface area contributed by atoms with Gasteiger partial charge in [0.25, 0.3) is 0 Å². The Hall–Kier alpha value is -1.17. The van der Waals surface area contributed by atoms with Crippen LogP contribution in [0.2, 0.25) is 0 Å². The summed E-state index contributed by atoms with van der Waals surface area (Å²) in [5.74, 6) is -0.327. The minimum atomic E-state index is -0.420. The van der Waals surface area contributed by atoms with Gasteiger partial charge in [0.15, 0.2) is 0 Å². The first-order chi connectivity index (χ1) is 10.8. The van der Waals surface area contributed by atoms with Gasteiger partial charge in [-0.15, -0.1) is 0 Å². The van der Waals surface area contributed by atoms with Crippen molar-refractivity contribution >= 4 is 5.91 Å². The average Bonchev–Trinajstić information content (AvgIpc) is 3.37. The van der Waals surface area contributed by atoms with Crippen LogP contribution >= 0.6 is 0 Å². The zero-order valence-corrected chi connectivity index (χ0v) is 14.4. The molecule has 23 heavy (non-hydrogen) atoms. The first kappa shape index (κ1) is 16.7. The molecule has 5 nitrogen and oxygen atoms in total. The van der Waals surface area contributed by atoms with E-state index in [0.29, 0.717) is 0 Å². The maximum absolute atomic E-state index is 11.3. The van der Waals surface area contributed by atoms with Crippen LogP contribution in [0.5, 0.6) is 0 Å². The fraction of sp³-hybridized carbons (Fsp3) is 0.722. The molecule has 5 atom stereocenters. The maximum Gasteiger partial charge on any atom is 0.241 e. The molecule has 0 radical (unpaired) electrons. The smallest absolute Gasteiger partial charge is 0.241 e. The van der Waals surface area contributed by atoms with E-state index in [4.69, 9.17) is 19.9 Å².